The van der Waals surface area contributed by atoms with Gasteiger partial charge in [-0.05, 0) is 87.0 Å². The minimum absolute atomic E-state index is 0. The SMILES string of the molecule is Cl.O=C(c1ccccc1)N1CCC[C@](CCCN2CCC(O)(CS(=O)(=O)c3ccccc3)CC2)(c2ccc(Cl)c(Cl)c2)C1. The number of carbonyl (C=O) groups is 1. The number of carbonyl (C=O) groups excluding carboxylic acids is 1. The van der Waals surface area contributed by atoms with Gasteiger partial charge in [0.05, 0.1) is 26.3 Å². The Morgan fingerprint density at radius 3 is 2.16 bits per heavy atom. The Morgan fingerprint density at radius 2 is 1.51 bits per heavy atom. The fourth-order valence-corrected chi connectivity index (χ4v) is 8.55. The van der Waals surface area contributed by atoms with Gasteiger partial charge in [0.2, 0.25) is 0 Å². The van der Waals surface area contributed by atoms with Crippen molar-refractivity contribution in [2.24, 2.45) is 0 Å². The molecule has 1 atom stereocenters. The number of benzene rings is 3. The second-order valence-corrected chi connectivity index (χ2v) is 14.7. The van der Waals surface area contributed by atoms with Crippen LogP contribution in [0.25, 0.3) is 0 Å². The number of rotatable bonds is 9. The van der Waals surface area contributed by atoms with Crippen LogP contribution in [-0.2, 0) is 15.3 Å². The number of nitrogens with zero attached hydrogens (tertiary/aromatic N) is 2. The lowest BCUT2D eigenvalue weighted by molar-refractivity contribution is -0.00334. The van der Waals surface area contributed by atoms with Crippen molar-refractivity contribution in [2.75, 3.05) is 38.5 Å². The smallest absolute Gasteiger partial charge is 0.253 e. The zero-order valence-electron chi connectivity index (χ0n) is 24.1. The van der Waals surface area contributed by atoms with Crippen LogP contribution >= 0.6 is 35.6 Å². The van der Waals surface area contributed by atoms with Crippen molar-refractivity contribution < 1.29 is 18.3 Å². The van der Waals surface area contributed by atoms with Gasteiger partial charge in [-0.25, -0.2) is 8.42 Å². The highest BCUT2D eigenvalue weighted by atomic mass is 35.5. The molecule has 1 amide bonds. The first kappa shape index (κ1) is 33.8. The van der Waals surface area contributed by atoms with Crippen molar-refractivity contribution in [1.82, 2.24) is 9.80 Å². The van der Waals surface area contributed by atoms with Crippen molar-refractivity contribution in [3.05, 3.63) is 100 Å². The molecule has 10 heteroatoms. The number of hydrogen-bond donors (Lipinski definition) is 1. The maximum atomic E-state index is 13.4. The molecule has 0 aromatic heterocycles. The van der Waals surface area contributed by atoms with Crippen LogP contribution in [0.15, 0.2) is 83.8 Å². The predicted octanol–water partition coefficient (Wildman–Crippen LogP) is 6.67. The lowest BCUT2D eigenvalue weighted by Gasteiger charge is -2.44. The minimum atomic E-state index is -3.57. The standard InChI is InChI=1S/C33H38Cl2N2O4S.ClH/c34-29-14-13-27(23-30(29)35)32(16-8-20-37(24-32)31(38)26-9-3-1-4-10-26)15-7-19-36-21-17-33(39,18-22-36)25-42(40,41)28-11-5-2-6-12-28;/h1-6,9-14,23,39H,7-8,15-22,24-25H2;1H/t32-;/m0./s1. The van der Waals surface area contributed by atoms with E-state index in [4.69, 9.17) is 23.2 Å². The van der Waals surface area contributed by atoms with Gasteiger partial charge in [0, 0.05) is 37.2 Å². The van der Waals surface area contributed by atoms with E-state index in [9.17, 15) is 18.3 Å². The van der Waals surface area contributed by atoms with Gasteiger partial charge in [-0.15, -0.1) is 12.4 Å². The maximum Gasteiger partial charge on any atom is 0.253 e. The normalized spacial score (nSPS) is 20.8. The van der Waals surface area contributed by atoms with Gasteiger partial charge >= 0.3 is 0 Å². The number of aliphatic hydroxyl groups is 1. The highest BCUT2D eigenvalue weighted by molar-refractivity contribution is 7.91. The second-order valence-electron chi connectivity index (χ2n) is 11.8. The van der Waals surface area contributed by atoms with E-state index in [-0.39, 0.29) is 34.4 Å². The van der Waals surface area contributed by atoms with Crippen LogP contribution in [0.1, 0.15) is 54.4 Å². The van der Waals surface area contributed by atoms with Crippen molar-refractivity contribution in [2.45, 2.75) is 54.4 Å². The zero-order chi connectivity index (χ0) is 29.8. The molecule has 0 bridgehead atoms. The van der Waals surface area contributed by atoms with E-state index in [1.54, 1.807) is 30.3 Å². The lowest BCUT2D eigenvalue weighted by Crippen LogP contribution is -2.50. The van der Waals surface area contributed by atoms with E-state index < -0.39 is 15.4 Å². The highest BCUT2D eigenvalue weighted by Crippen LogP contribution is 2.41. The van der Waals surface area contributed by atoms with Crippen LogP contribution in [0.2, 0.25) is 10.0 Å². The van der Waals surface area contributed by atoms with E-state index in [1.807, 2.05) is 53.4 Å². The van der Waals surface area contributed by atoms with E-state index in [2.05, 4.69) is 4.90 Å². The Morgan fingerprint density at radius 1 is 0.860 bits per heavy atom. The zero-order valence-corrected chi connectivity index (χ0v) is 27.3. The summed E-state index contributed by atoms with van der Waals surface area (Å²) in [4.78, 5) is 17.9. The third kappa shape index (κ3) is 8.13. The molecule has 232 valence electrons. The Kier molecular flexibility index (Phi) is 11.2. The molecule has 2 aliphatic rings. The first-order valence-electron chi connectivity index (χ1n) is 14.6. The molecule has 2 saturated heterocycles. The fraction of sp³-hybridized carbons (Fsp3) is 0.424. The Labute approximate surface area is 271 Å². The Hall–Kier alpha value is -2.13. The number of amides is 1. The van der Waals surface area contributed by atoms with E-state index in [1.165, 1.54) is 0 Å². The van der Waals surface area contributed by atoms with E-state index in [0.29, 0.717) is 54.6 Å². The summed E-state index contributed by atoms with van der Waals surface area (Å²) in [5.74, 6) is -0.218. The summed E-state index contributed by atoms with van der Waals surface area (Å²) in [6.07, 6.45) is 4.43. The predicted molar refractivity (Wildman–Crippen MR) is 175 cm³/mol. The molecule has 2 aliphatic heterocycles. The van der Waals surface area contributed by atoms with Gasteiger partial charge in [0.15, 0.2) is 9.84 Å². The summed E-state index contributed by atoms with van der Waals surface area (Å²) in [5.41, 5.74) is 0.310. The molecule has 43 heavy (non-hydrogen) atoms. The summed E-state index contributed by atoms with van der Waals surface area (Å²) >= 11 is 12.7. The molecule has 0 unspecified atom stereocenters. The number of halogens is 3. The van der Waals surface area contributed by atoms with E-state index >= 15 is 0 Å². The number of piperidine rings is 2. The number of likely N-dealkylation sites (tertiary alicyclic amines) is 2. The number of hydrogen-bond acceptors (Lipinski definition) is 5. The summed E-state index contributed by atoms with van der Waals surface area (Å²) in [6.45, 7) is 3.43. The number of sulfone groups is 1. The lowest BCUT2D eigenvalue weighted by atomic mass is 9.71. The second kappa shape index (κ2) is 14.3. The van der Waals surface area contributed by atoms with Gasteiger partial charge in [-0.3, -0.25) is 4.79 Å². The molecular weight excluding hydrogens is 627 g/mol. The van der Waals surface area contributed by atoms with Gasteiger partial charge in [-0.1, -0.05) is 65.7 Å². The fourth-order valence-electron chi connectivity index (χ4n) is 6.52. The molecule has 3 aromatic carbocycles. The third-order valence-electron chi connectivity index (χ3n) is 8.89. The molecule has 5 rings (SSSR count). The van der Waals surface area contributed by atoms with Crippen molar-refractivity contribution in [3.8, 4) is 0 Å². The first-order chi connectivity index (χ1) is 20.1. The molecule has 2 heterocycles. The van der Waals surface area contributed by atoms with Crippen LogP contribution in [-0.4, -0.2) is 73.3 Å². The summed E-state index contributed by atoms with van der Waals surface area (Å²) < 4.78 is 25.8. The van der Waals surface area contributed by atoms with Gasteiger partial charge < -0.3 is 14.9 Å². The largest absolute Gasteiger partial charge is 0.389 e. The maximum absolute atomic E-state index is 13.4. The molecule has 1 N–H and O–H groups in total. The van der Waals surface area contributed by atoms with Crippen LogP contribution in [0.3, 0.4) is 0 Å². The van der Waals surface area contributed by atoms with Crippen LogP contribution in [0.4, 0.5) is 0 Å². The molecule has 0 saturated carbocycles. The van der Waals surface area contributed by atoms with Gasteiger partial charge in [0.1, 0.15) is 0 Å². The molecular formula is C33H39Cl3N2O4S. The summed E-state index contributed by atoms with van der Waals surface area (Å²) in [7, 11) is -3.57. The van der Waals surface area contributed by atoms with Gasteiger partial charge in [-0.2, -0.15) is 0 Å². The average molecular weight is 666 g/mol. The van der Waals surface area contributed by atoms with Gasteiger partial charge in [0.25, 0.3) is 5.91 Å². The first-order valence-corrected chi connectivity index (χ1v) is 17.0. The Balaban J connectivity index is 0.00000423. The summed E-state index contributed by atoms with van der Waals surface area (Å²) in [5, 5.41) is 12.2. The summed E-state index contributed by atoms with van der Waals surface area (Å²) in [6, 6.07) is 23.6. The molecule has 2 fully saturated rings. The third-order valence-corrected chi connectivity index (χ3v) is 11.5. The quantitative estimate of drug-likeness (QED) is 0.276. The molecule has 0 spiro atoms. The average Bonchev–Trinajstić information content (AvgIpc) is 3.00. The van der Waals surface area contributed by atoms with Crippen molar-refractivity contribution in [3.63, 3.8) is 0 Å². The topological polar surface area (TPSA) is 77.9 Å². The van der Waals surface area contributed by atoms with Crippen LogP contribution in [0.5, 0.6) is 0 Å². The van der Waals surface area contributed by atoms with Crippen LogP contribution < -0.4 is 0 Å². The monoisotopic (exact) mass is 664 g/mol. The minimum Gasteiger partial charge on any atom is -0.389 e. The van der Waals surface area contributed by atoms with Crippen molar-refractivity contribution in [1.29, 1.82) is 0 Å². The van der Waals surface area contributed by atoms with E-state index in [0.717, 1.165) is 37.8 Å². The van der Waals surface area contributed by atoms with Crippen molar-refractivity contribution >= 4 is 51.4 Å². The Bertz CT molecular complexity index is 1480. The molecule has 3 aromatic rings. The molecule has 0 radical (unpaired) electrons. The highest BCUT2D eigenvalue weighted by Gasteiger charge is 2.40. The molecule has 0 aliphatic carbocycles. The molecule has 6 nitrogen and oxygen atoms in total. The van der Waals surface area contributed by atoms with Crippen LogP contribution in [0, 0.1) is 0 Å².